The molecule has 2 aliphatic heterocycles. The number of piperidine rings is 1. The topological polar surface area (TPSA) is 44.4 Å². The van der Waals surface area contributed by atoms with Crippen molar-refractivity contribution in [3.63, 3.8) is 0 Å². The van der Waals surface area contributed by atoms with Gasteiger partial charge >= 0.3 is 0 Å². The third-order valence-corrected chi connectivity index (χ3v) is 4.39. The Bertz CT molecular complexity index is 525. The maximum atomic E-state index is 13.1. The Morgan fingerprint density at radius 3 is 2.33 bits per heavy atom. The van der Waals surface area contributed by atoms with Gasteiger partial charge in [-0.05, 0) is 25.0 Å². The molecule has 4 nitrogen and oxygen atoms in total. The summed E-state index contributed by atoms with van der Waals surface area (Å²) in [4.78, 5) is 14.3. The summed E-state index contributed by atoms with van der Waals surface area (Å²) < 4.78 is 26.2. The molecule has 3 rings (SSSR count). The van der Waals surface area contributed by atoms with Crippen molar-refractivity contribution in [1.82, 2.24) is 10.6 Å². The van der Waals surface area contributed by atoms with E-state index in [4.69, 9.17) is 0 Å². The number of alkyl halides is 2. The fraction of sp³-hybridized carbons (Fsp3) is 0.562. The number of nitrogens with zero attached hydrogens (tertiary/aromatic N) is 1. The molecule has 1 unspecified atom stereocenters. The first-order valence-electron chi connectivity index (χ1n) is 7.75. The molecule has 2 saturated heterocycles. The molecule has 0 saturated carbocycles. The van der Waals surface area contributed by atoms with Gasteiger partial charge in [-0.15, -0.1) is 24.8 Å². The van der Waals surface area contributed by atoms with Gasteiger partial charge in [0.05, 0.1) is 12.6 Å². The number of nitrogens with one attached hydrogen (secondary N) is 2. The Labute approximate surface area is 153 Å². The molecule has 1 aromatic carbocycles. The van der Waals surface area contributed by atoms with Crippen LogP contribution in [0.15, 0.2) is 30.3 Å². The predicted octanol–water partition coefficient (Wildman–Crippen LogP) is 2.61. The van der Waals surface area contributed by atoms with Crippen molar-refractivity contribution in [2.45, 2.75) is 37.3 Å². The van der Waals surface area contributed by atoms with Gasteiger partial charge < -0.3 is 10.2 Å². The molecule has 2 heterocycles. The molecule has 2 aliphatic rings. The summed E-state index contributed by atoms with van der Waals surface area (Å²) >= 11 is 0. The summed E-state index contributed by atoms with van der Waals surface area (Å²) in [7, 11) is 0. The van der Waals surface area contributed by atoms with Crippen LogP contribution in [0.4, 0.5) is 14.5 Å². The molecule has 0 spiro atoms. The van der Waals surface area contributed by atoms with Gasteiger partial charge in [0.25, 0.3) is 5.92 Å². The van der Waals surface area contributed by atoms with Crippen molar-refractivity contribution < 1.29 is 13.6 Å². The minimum atomic E-state index is -2.77. The third kappa shape index (κ3) is 5.19. The van der Waals surface area contributed by atoms with E-state index in [1.54, 1.807) is 0 Å². The van der Waals surface area contributed by atoms with Crippen LogP contribution in [0, 0.1) is 0 Å². The van der Waals surface area contributed by atoms with Crippen LogP contribution in [-0.4, -0.2) is 43.5 Å². The standard InChI is InChI=1S/C16H21F2N3O.2ClH/c17-16(18)10-14(19-11-16)15(22)20-12-6-8-21(9-7-12)13-4-2-1-3-5-13;;/h1-5,12,14,19H,6-11H2,(H,20,22);2*1H. The first-order valence-corrected chi connectivity index (χ1v) is 7.75. The lowest BCUT2D eigenvalue weighted by atomic mass is 10.0. The van der Waals surface area contributed by atoms with Crippen LogP contribution in [-0.2, 0) is 4.79 Å². The second-order valence-electron chi connectivity index (χ2n) is 6.10. The van der Waals surface area contributed by atoms with Crippen molar-refractivity contribution in [2.75, 3.05) is 24.5 Å². The van der Waals surface area contributed by atoms with Gasteiger partial charge in [0.2, 0.25) is 5.91 Å². The average molecular weight is 382 g/mol. The number of benzene rings is 1. The highest BCUT2D eigenvalue weighted by molar-refractivity contribution is 5.85. The fourth-order valence-corrected chi connectivity index (χ4v) is 3.12. The van der Waals surface area contributed by atoms with Gasteiger partial charge in [0, 0.05) is 31.2 Å². The molecule has 8 heteroatoms. The lowest BCUT2D eigenvalue weighted by molar-refractivity contribution is -0.124. The predicted molar refractivity (Wildman–Crippen MR) is 95.7 cm³/mol. The molecule has 0 bridgehead atoms. The number of hydrogen-bond donors (Lipinski definition) is 2. The van der Waals surface area contributed by atoms with Crippen LogP contribution in [0.1, 0.15) is 19.3 Å². The van der Waals surface area contributed by atoms with Crippen molar-refractivity contribution in [2.24, 2.45) is 0 Å². The van der Waals surface area contributed by atoms with Crippen molar-refractivity contribution in [3.8, 4) is 0 Å². The van der Waals surface area contributed by atoms with Crippen LogP contribution >= 0.6 is 24.8 Å². The summed E-state index contributed by atoms with van der Waals surface area (Å²) in [5.41, 5.74) is 1.18. The zero-order valence-electron chi connectivity index (χ0n) is 13.2. The monoisotopic (exact) mass is 381 g/mol. The summed E-state index contributed by atoms with van der Waals surface area (Å²) in [6, 6.07) is 9.46. The first kappa shape index (κ1) is 20.9. The summed E-state index contributed by atoms with van der Waals surface area (Å²) in [6.07, 6.45) is 1.27. The quantitative estimate of drug-likeness (QED) is 0.845. The van der Waals surface area contributed by atoms with E-state index >= 15 is 0 Å². The molecule has 1 atom stereocenters. The van der Waals surface area contributed by atoms with Crippen molar-refractivity contribution in [3.05, 3.63) is 30.3 Å². The highest BCUT2D eigenvalue weighted by Gasteiger charge is 2.42. The normalized spacial score (nSPS) is 23.1. The number of hydrogen-bond acceptors (Lipinski definition) is 3. The molecular weight excluding hydrogens is 359 g/mol. The van der Waals surface area contributed by atoms with E-state index in [1.165, 1.54) is 5.69 Å². The van der Waals surface area contributed by atoms with Crippen molar-refractivity contribution in [1.29, 1.82) is 0 Å². The number of para-hydroxylation sites is 1. The van der Waals surface area contributed by atoms with Gasteiger partial charge in [0.1, 0.15) is 0 Å². The maximum absolute atomic E-state index is 13.1. The Hall–Kier alpha value is -1.11. The van der Waals surface area contributed by atoms with Gasteiger partial charge in [-0.2, -0.15) is 0 Å². The van der Waals surface area contributed by atoms with E-state index < -0.39 is 24.9 Å². The molecule has 1 aromatic rings. The number of carbonyl (C=O) groups excluding carboxylic acids is 1. The zero-order valence-corrected chi connectivity index (χ0v) is 14.8. The van der Waals surface area contributed by atoms with Crippen molar-refractivity contribution >= 4 is 36.4 Å². The summed E-state index contributed by atoms with van der Waals surface area (Å²) in [5, 5.41) is 5.51. The van der Waals surface area contributed by atoms with E-state index in [2.05, 4.69) is 27.7 Å². The summed E-state index contributed by atoms with van der Waals surface area (Å²) in [6.45, 7) is 1.32. The molecule has 136 valence electrons. The smallest absolute Gasteiger partial charge is 0.262 e. The molecule has 1 amide bonds. The second-order valence-corrected chi connectivity index (χ2v) is 6.10. The molecule has 2 fully saturated rings. The third-order valence-electron chi connectivity index (χ3n) is 4.39. The van der Waals surface area contributed by atoms with Crippen LogP contribution < -0.4 is 15.5 Å². The fourth-order valence-electron chi connectivity index (χ4n) is 3.12. The minimum Gasteiger partial charge on any atom is -0.371 e. The van der Waals surface area contributed by atoms with E-state index in [-0.39, 0.29) is 36.8 Å². The molecular formula is C16H23Cl2F2N3O. The second kappa shape index (κ2) is 8.83. The first-order chi connectivity index (χ1) is 10.5. The number of amides is 1. The Balaban J connectivity index is 0.00000144. The van der Waals surface area contributed by atoms with Gasteiger partial charge in [-0.25, -0.2) is 8.78 Å². The molecule has 0 radical (unpaired) electrons. The summed E-state index contributed by atoms with van der Waals surface area (Å²) in [5.74, 6) is -3.06. The Morgan fingerprint density at radius 2 is 1.79 bits per heavy atom. The minimum absolute atomic E-state index is 0. The van der Waals surface area contributed by atoms with Gasteiger partial charge in [-0.3, -0.25) is 10.1 Å². The van der Waals surface area contributed by atoms with Crippen LogP contribution in [0.2, 0.25) is 0 Å². The van der Waals surface area contributed by atoms with Crippen LogP contribution in [0.5, 0.6) is 0 Å². The number of carbonyl (C=O) groups is 1. The van der Waals surface area contributed by atoms with E-state index in [9.17, 15) is 13.6 Å². The highest BCUT2D eigenvalue weighted by atomic mass is 35.5. The molecule has 2 N–H and O–H groups in total. The lowest BCUT2D eigenvalue weighted by Gasteiger charge is -2.34. The van der Waals surface area contributed by atoms with E-state index in [1.807, 2.05) is 18.2 Å². The van der Waals surface area contributed by atoms with Gasteiger partial charge in [-0.1, -0.05) is 18.2 Å². The molecule has 0 aliphatic carbocycles. The van der Waals surface area contributed by atoms with Crippen LogP contribution in [0.25, 0.3) is 0 Å². The zero-order chi connectivity index (χ0) is 15.6. The number of anilines is 1. The largest absolute Gasteiger partial charge is 0.371 e. The van der Waals surface area contributed by atoms with E-state index in [0.29, 0.717) is 0 Å². The number of rotatable bonds is 3. The van der Waals surface area contributed by atoms with E-state index in [0.717, 1.165) is 25.9 Å². The van der Waals surface area contributed by atoms with Crippen LogP contribution in [0.3, 0.4) is 0 Å². The SMILES string of the molecule is Cl.Cl.O=C(NC1CCN(c2ccccc2)CC1)C1CC(F)(F)CN1. The maximum Gasteiger partial charge on any atom is 0.262 e. The highest BCUT2D eigenvalue weighted by Crippen LogP contribution is 2.25. The average Bonchev–Trinajstić information content (AvgIpc) is 2.89. The Kier molecular flexibility index (Phi) is 7.70. The van der Waals surface area contributed by atoms with Gasteiger partial charge in [0.15, 0.2) is 0 Å². The molecule has 0 aromatic heterocycles. The lowest BCUT2D eigenvalue weighted by Crippen LogP contribution is -2.49. The molecule has 24 heavy (non-hydrogen) atoms. The number of halogens is 4. The Morgan fingerprint density at radius 1 is 1.17 bits per heavy atom.